The van der Waals surface area contributed by atoms with Gasteiger partial charge in [-0.3, -0.25) is 4.79 Å². The largest absolute Gasteiger partial charge is 0.335 e. The molecule has 3 nitrogen and oxygen atoms in total. The molecular weight excluding hydrogens is 284 g/mol. The second-order valence-corrected chi connectivity index (χ2v) is 7.43. The van der Waals surface area contributed by atoms with E-state index in [2.05, 4.69) is 36.1 Å². The predicted molar refractivity (Wildman–Crippen MR) is 94.0 cm³/mol. The Morgan fingerprint density at radius 3 is 2.78 bits per heavy atom. The van der Waals surface area contributed by atoms with Gasteiger partial charge in [0.05, 0.1) is 6.04 Å². The number of hydrogen-bond acceptors (Lipinski definition) is 2. The highest BCUT2D eigenvalue weighted by Crippen LogP contribution is 2.34. The van der Waals surface area contributed by atoms with Gasteiger partial charge in [0.25, 0.3) is 0 Å². The van der Waals surface area contributed by atoms with Crippen LogP contribution in [0.4, 0.5) is 0 Å². The van der Waals surface area contributed by atoms with Gasteiger partial charge in [-0.25, -0.2) is 0 Å². The van der Waals surface area contributed by atoms with E-state index in [4.69, 9.17) is 5.73 Å². The summed E-state index contributed by atoms with van der Waals surface area (Å²) >= 11 is 0. The SMILES string of the molecule is Cc1cccc(C2CCCCCN2C(=O)C2CCCC(N)C2)c1. The highest BCUT2D eigenvalue weighted by atomic mass is 16.2. The van der Waals surface area contributed by atoms with Gasteiger partial charge < -0.3 is 10.6 Å². The van der Waals surface area contributed by atoms with E-state index in [-0.39, 0.29) is 18.0 Å². The molecule has 3 rings (SSSR count). The van der Waals surface area contributed by atoms with Crippen molar-refractivity contribution in [1.29, 1.82) is 0 Å². The van der Waals surface area contributed by atoms with E-state index in [1.165, 1.54) is 24.0 Å². The number of nitrogens with zero attached hydrogens (tertiary/aromatic N) is 1. The molecule has 2 N–H and O–H groups in total. The number of carbonyl (C=O) groups is 1. The molecule has 23 heavy (non-hydrogen) atoms. The lowest BCUT2D eigenvalue weighted by atomic mass is 9.84. The minimum Gasteiger partial charge on any atom is -0.335 e. The van der Waals surface area contributed by atoms with Crippen LogP contribution in [0.5, 0.6) is 0 Å². The Balaban J connectivity index is 1.82. The molecule has 0 bridgehead atoms. The van der Waals surface area contributed by atoms with Crippen LogP contribution in [0.3, 0.4) is 0 Å². The molecule has 3 atom stereocenters. The van der Waals surface area contributed by atoms with Gasteiger partial charge >= 0.3 is 0 Å². The van der Waals surface area contributed by atoms with Gasteiger partial charge in [-0.1, -0.05) is 49.1 Å². The molecule has 126 valence electrons. The Labute approximate surface area is 140 Å². The van der Waals surface area contributed by atoms with E-state index in [1.54, 1.807) is 0 Å². The van der Waals surface area contributed by atoms with E-state index in [1.807, 2.05) is 0 Å². The molecule has 3 heteroatoms. The molecule has 1 saturated carbocycles. The molecule has 0 radical (unpaired) electrons. The van der Waals surface area contributed by atoms with Gasteiger partial charge in [-0.05, 0) is 44.6 Å². The van der Waals surface area contributed by atoms with Gasteiger partial charge in [-0.15, -0.1) is 0 Å². The summed E-state index contributed by atoms with van der Waals surface area (Å²) in [5, 5.41) is 0. The normalized spacial score (nSPS) is 29.1. The third-order valence-electron chi connectivity index (χ3n) is 5.53. The fraction of sp³-hybridized carbons (Fsp3) is 0.650. The van der Waals surface area contributed by atoms with Crippen molar-refractivity contribution >= 4 is 5.91 Å². The first-order valence-corrected chi connectivity index (χ1v) is 9.28. The Hall–Kier alpha value is -1.35. The van der Waals surface area contributed by atoms with Crippen molar-refractivity contribution in [2.24, 2.45) is 11.7 Å². The molecule has 1 aliphatic heterocycles. The van der Waals surface area contributed by atoms with Crippen LogP contribution in [0, 0.1) is 12.8 Å². The average Bonchev–Trinajstić information content (AvgIpc) is 2.80. The summed E-state index contributed by atoms with van der Waals surface area (Å²) in [6, 6.07) is 9.16. The molecule has 1 aromatic carbocycles. The summed E-state index contributed by atoms with van der Waals surface area (Å²) in [5.74, 6) is 0.498. The van der Waals surface area contributed by atoms with Gasteiger partial charge in [0.2, 0.25) is 5.91 Å². The first kappa shape index (κ1) is 16.5. The van der Waals surface area contributed by atoms with Crippen LogP contribution in [0.1, 0.15) is 68.5 Å². The van der Waals surface area contributed by atoms with Gasteiger partial charge in [0.1, 0.15) is 0 Å². The van der Waals surface area contributed by atoms with Crippen molar-refractivity contribution in [1.82, 2.24) is 4.90 Å². The predicted octanol–water partition coefficient (Wildman–Crippen LogP) is 3.96. The number of aryl methyl sites for hydroxylation is 1. The van der Waals surface area contributed by atoms with Crippen molar-refractivity contribution in [3.8, 4) is 0 Å². The quantitative estimate of drug-likeness (QED) is 0.898. The van der Waals surface area contributed by atoms with Gasteiger partial charge in [-0.2, -0.15) is 0 Å². The number of nitrogens with two attached hydrogens (primary N) is 1. The van der Waals surface area contributed by atoms with E-state index in [0.717, 1.165) is 45.1 Å². The number of amides is 1. The van der Waals surface area contributed by atoms with Gasteiger partial charge in [0, 0.05) is 18.5 Å². The molecule has 1 saturated heterocycles. The fourth-order valence-corrected chi connectivity index (χ4v) is 4.28. The minimum atomic E-state index is 0.143. The lowest BCUT2D eigenvalue weighted by molar-refractivity contribution is -0.139. The van der Waals surface area contributed by atoms with E-state index in [9.17, 15) is 4.79 Å². The number of benzene rings is 1. The number of likely N-dealkylation sites (tertiary alicyclic amines) is 1. The smallest absolute Gasteiger partial charge is 0.226 e. The second-order valence-electron chi connectivity index (χ2n) is 7.43. The topological polar surface area (TPSA) is 46.3 Å². The maximum absolute atomic E-state index is 13.2. The molecule has 0 spiro atoms. The highest BCUT2D eigenvalue weighted by molar-refractivity contribution is 5.79. The Morgan fingerprint density at radius 2 is 2.00 bits per heavy atom. The second kappa shape index (κ2) is 7.48. The number of carbonyl (C=O) groups excluding carboxylic acids is 1. The molecule has 0 aromatic heterocycles. The van der Waals surface area contributed by atoms with Crippen LogP contribution in [-0.4, -0.2) is 23.4 Å². The number of hydrogen-bond donors (Lipinski definition) is 1. The molecular formula is C20H30N2O. The Kier molecular flexibility index (Phi) is 5.37. The maximum atomic E-state index is 13.2. The zero-order chi connectivity index (χ0) is 16.2. The van der Waals surface area contributed by atoms with Crippen molar-refractivity contribution in [2.75, 3.05) is 6.54 Å². The van der Waals surface area contributed by atoms with Crippen molar-refractivity contribution < 1.29 is 4.79 Å². The van der Waals surface area contributed by atoms with Crippen LogP contribution in [0.2, 0.25) is 0 Å². The van der Waals surface area contributed by atoms with E-state index in [0.29, 0.717) is 5.91 Å². The molecule has 1 heterocycles. The average molecular weight is 314 g/mol. The summed E-state index contributed by atoms with van der Waals surface area (Å²) in [6.07, 6.45) is 8.73. The first-order chi connectivity index (χ1) is 11.1. The standard InChI is InChI=1S/C20H30N2O/c1-15-7-5-8-16(13-15)19-11-3-2-4-12-22(19)20(23)17-9-6-10-18(21)14-17/h5,7-8,13,17-19H,2-4,6,9-12,14,21H2,1H3. The fourth-order valence-electron chi connectivity index (χ4n) is 4.28. The first-order valence-electron chi connectivity index (χ1n) is 9.28. The summed E-state index contributed by atoms with van der Waals surface area (Å²) < 4.78 is 0. The Morgan fingerprint density at radius 1 is 1.13 bits per heavy atom. The maximum Gasteiger partial charge on any atom is 0.226 e. The monoisotopic (exact) mass is 314 g/mol. The minimum absolute atomic E-state index is 0.143. The zero-order valence-electron chi connectivity index (χ0n) is 14.3. The molecule has 2 aliphatic rings. The van der Waals surface area contributed by atoms with Gasteiger partial charge in [0.15, 0.2) is 0 Å². The van der Waals surface area contributed by atoms with E-state index >= 15 is 0 Å². The lowest BCUT2D eigenvalue weighted by Gasteiger charge is -2.36. The molecule has 1 amide bonds. The van der Waals surface area contributed by atoms with Crippen LogP contribution in [0.25, 0.3) is 0 Å². The van der Waals surface area contributed by atoms with Crippen molar-refractivity contribution in [3.05, 3.63) is 35.4 Å². The van der Waals surface area contributed by atoms with Crippen LogP contribution in [0.15, 0.2) is 24.3 Å². The summed E-state index contributed by atoms with van der Waals surface area (Å²) in [4.78, 5) is 15.4. The number of rotatable bonds is 2. The molecule has 1 aliphatic carbocycles. The zero-order valence-corrected chi connectivity index (χ0v) is 14.3. The highest BCUT2D eigenvalue weighted by Gasteiger charge is 2.33. The molecule has 2 fully saturated rings. The van der Waals surface area contributed by atoms with Crippen molar-refractivity contribution in [3.63, 3.8) is 0 Å². The summed E-state index contributed by atoms with van der Waals surface area (Å²) in [5.41, 5.74) is 8.70. The van der Waals surface area contributed by atoms with Crippen LogP contribution < -0.4 is 5.73 Å². The third-order valence-corrected chi connectivity index (χ3v) is 5.53. The van der Waals surface area contributed by atoms with E-state index < -0.39 is 0 Å². The Bertz CT molecular complexity index is 542. The van der Waals surface area contributed by atoms with Crippen LogP contribution in [-0.2, 0) is 4.79 Å². The summed E-state index contributed by atoms with van der Waals surface area (Å²) in [6.45, 7) is 3.04. The van der Waals surface area contributed by atoms with Crippen molar-refractivity contribution in [2.45, 2.75) is 70.4 Å². The van der Waals surface area contributed by atoms with Crippen LogP contribution >= 0.6 is 0 Å². The molecule has 1 aromatic rings. The third kappa shape index (κ3) is 3.95. The summed E-state index contributed by atoms with van der Waals surface area (Å²) in [7, 11) is 0. The molecule has 3 unspecified atom stereocenters. The lowest BCUT2D eigenvalue weighted by Crippen LogP contribution is -2.42.